The summed E-state index contributed by atoms with van der Waals surface area (Å²) in [4.78, 5) is 24.9. The molecule has 9 nitrogen and oxygen atoms in total. The first-order chi connectivity index (χ1) is 15.8. The summed E-state index contributed by atoms with van der Waals surface area (Å²) in [6.45, 7) is -0.477. The molecule has 3 aromatic carbocycles. The average Bonchev–Trinajstić information content (AvgIpc) is 2.83. The van der Waals surface area contributed by atoms with Crippen LogP contribution in [0.1, 0.15) is 10.4 Å². The van der Waals surface area contributed by atoms with E-state index in [2.05, 4.69) is 10.3 Å². The number of carbonyl (C=O) groups excluding carboxylic acids is 1. The van der Waals surface area contributed by atoms with Gasteiger partial charge in [0.05, 0.1) is 21.5 Å². The highest BCUT2D eigenvalue weighted by molar-refractivity contribution is 7.92. The number of hydrogen-bond acceptors (Lipinski definition) is 7. The molecule has 0 amide bonds. The minimum Gasteiger partial charge on any atom is -0.439 e. The summed E-state index contributed by atoms with van der Waals surface area (Å²) in [6.07, 6.45) is 0. The van der Waals surface area contributed by atoms with Crippen molar-refractivity contribution in [2.45, 2.75) is 11.6 Å². The molecule has 4 aromatic rings. The van der Waals surface area contributed by atoms with Crippen LogP contribution < -0.4 is 9.86 Å². The van der Waals surface area contributed by atoms with Gasteiger partial charge in [-0.05, 0) is 48.5 Å². The summed E-state index contributed by atoms with van der Waals surface area (Å²) in [5.74, 6) is -0.820. The molecule has 0 bridgehead atoms. The van der Waals surface area contributed by atoms with Crippen LogP contribution in [-0.2, 0) is 21.5 Å². The van der Waals surface area contributed by atoms with Crippen molar-refractivity contribution >= 4 is 44.2 Å². The van der Waals surface area contributed by atoms with Crippen molar-refractivity contribution in [3.05, 3.63) is 93.7 Å². The van der Waals surface area contributed by atoms with Gasteiger partial charge in [0, 0.05) is 12.1 Å². The van der Waals surface area contributed by atoms with Crippen LogP contribution in [0, 0.1) is 0 Å². The molecule has 0 spiro atoms. The molecule has 0 saturated carbocycles. The van der Waals surface area contributed by atoms with Crippen molar-refractivity contribution in [1.29, 1.82) is 0 Å². The van der Waals surface area contributed by atoms with Gasteiger partial charge in [-0.25, -0.2) is 13.2 Å². The topological polar surface area (TPSA) is 111 Å². The maximum Gasteiger partial charge on any atom is 0.339 e. The van der Waals surface area contributed by atoms with Gasteiger partial charge in [0.25, 0.3) is 15.6 Å². The predicted molar refractivity (Wildman–Crippen MR) is 123 cm³/mol. The second-order valence-corrected chi connectivity index (χ2v) is 9.36. The Morgan fingerprint density at radius 1 is 1.06 bits per heavy atom. The van der Waals surface area contributed by atoms with Crippen LogP contribution in [0.15, 0.2) is 82.5 Å². The Morgan fingerprint density at radius 3 is 2.61 bits per heavy atom. The third-order valence-electron chi connectivity index (χ3n) is 4.85. The van der Waals surface area contributed by atoms with Gasteiger partial charge in [-0.2, -0.15) is 4.68 Å². The molecule has 4 rings (SSSR count). The van der Waals surface area contributed by atoms with Crippen LogP contribution in [-0.4, -0.2) is 36.4 Å². The van der Waals surface area contributed by atoms with Gasteiger partial charge in [-0.1, -0.05) is 41.1 Å². The number of esters is 1. The zero-order chi connectivity index (χ0) is 23.6. The molecule has 0 saturated heterocycles. The van der Waals surface area contributed by atoms with E-state index in [-0.39, 0.29) is 10.5 Å². The highest BCUT2D eigenvalue weighted by atomic mass is 35.5. The Balaban J connectivity index is 1.54. The van der Waals surface area contributed by atoms with E-state index in [0.717, 1.165) is 8.99 Å². The lowest BCUT2D eigenvalue weighted by molar-refractivity contribution is 0.0336. The number of carbonyl (C=O) groups is 1. The number of nitrogens with zero attached hydrogens (tertiary/aromatic N) is 4. The molecule has 1 aromatic heterocycles. The minimum absolute atomic E-state index is 0.00244. The van der Waals surface area contributed by atoms with E-state index in [9.17, 15) is 18.0 Å². The molecule has 0 unspecified atom stereocenters. The average molecular weight is 485 g/mol. The standard InChI is InChI=1S/C22H17ClN4O5S/c1-26(17-8-5-7-16(23)13-17)33(30,31)18-9-4-6-15(12-18)22(29)32-14-27-21(28)19-10-2-3-11-20(19)24-25-27/h2-13H,14H2,1H3. The van der Waals surface area contributed by atoms with Gasteiger partial charge in [0.1, 0.15) is 5.52 Å². The molecule has 0 aliphatic heterocycles. The van der Waals surface area contributed by atoms with Gasteiger partial charge in [-0.3, -0.25) is 9.10 Å². The van der Waals surface area contributed by atoms with E-state index in [4.69, 9.17) is 16.3 Å². The molecule has 33 heavy (non-hydrogen) atoms. The highest BCUT2D eigenvalue weighted by Gasteiger charge is 2.23. The molecule has 0 aliphatic rings. The Morgan fingerprint density at radius 2 is 1.82 bits per heavy atom. The first-order valence-electron chi connectivity index (χ1n) is 9.61. The van der Waals surface area contributed by atoms with Crippen molar-refractivity contribution < 1.29 is 17.9 Å². The lowest BCUT2D eigenvalue weighted by Gasteiger charge is -2.20. The molecule has 0 radical (unpaired) electrons. The summed E-state index contributed by atoms with van der Waals surface area (Å²) in [5.41, 5.74) is 0.321. The predicted octanol–water partition coefficient (Wildman–Crippen LogP) is 3.08. The number of fused-ring (bicyclic) bond motifs is 1. The molecular weight excluding hydrogens is 468 g/mol. The Kier molecular flexibility index (Phi) is 6.12. The molecular formula is C22H17ClN4O5S. The van der Waals surface area contributed by atoms with Gasteiger partial charge < -0.3 is 4.74 Å². The van der Waals surface area contributed by atoms with E-state index >= 15 is 0 Å². The highest BCUT2D eigenvalue weighted by Crippen LogP contribution is 2.25. The van der Waals surface area contributed by atoms with E-state index in [1.807, 2.05) is 0 Å². The quantitative estimate of drug-likeness (QED) is 0.386. The molecule has 1 heterocycles. The first kappa shape index (κ1) is 22.4. The number of ether oxygens (including phenoxy) is 1. The van der Waals surface area contributed by atoms with E-state index in [0.29, 0.717) is 21.6 Å². The fourth-order valence-corrected chi connectivity index (χ4v) is 4.48. The maximum atomic E-state index is 13.0. The van der Waals surface area contributed by atoms with Crippen LogP contribution >= 0.6 is 11.6 Å². The lowest BCUT2D eigenvalue weighted by Crippen LogP contribution is -2.27. The van der Waals surface area contributed by atoms with Crippen LogP contribution in [0.25, 0.3) is 10.9 Å². The van der Waals surface area contributed by atoms with Gasteiger partial charge in [-0.15, -0.1) is 5.10 Å². The van der Waals surface area contributed by atoms with E-state index < -0.39 is 28.3 Å². The van der Waals surface area contributed by atoms with Crippen LogP contribution in [0.3, 0.4) is 0 Å². The summed E-state index contributed by atoms with van der Waals surface area (Å²) < 4.78 is 33.2. The maximum absolute atomic E-state index is 13.0. The third-order valence-corrected chi connectivity index (χ3v) is 6.86. The number of sulfonamides is 1. The summed E-state index contributed by atoms with van der Waals surface area (Å²) in [5, 5.41) is 8.40. The molecule has 0 aliphatic carbocycles. The van der Waals surface area contributed by atoms with Crippen LogP contribution in [0.4, 0.5) is 5.69 Å². The second kappa shape index (κ2) is 9.00. The fourth-order valence-electron chi connectivity index (χ4n) is 3.06. The Bertz CT molecular complexity index is 1520. The SMILES string of the molecule is CN(c1cccc(Cl)c1)S(=O)(=O)c1cccc(C(=O)OCn2nnc3ccccc3c2=O)c1. The molecule has 168 valence electrons. The van der Waals surface area contributed by atoms with Crippen molar-refractivity contribution in [2.24, 2.45) is 0 Å². The fraction of sp³-hybridized carbons (Fsp3) is 0.0909. The Labute approximate surface area is 193 Å². The van der Waals surface area contributed by atoms with E-state index in [1.54, 1.807) is 42.5 Å². The van der Waals surface area contributed by atoms with Crippen molar-refractivity contribution in [2.75, 3.05) is 11.4 Å². The largest absolute Gasteiger partial charge is 0.439 e. The van der Waals surface area contributed by atoms with Crippen molar-refractivity contribution in [1.82, 2.24) is 15.0 Å². The van der Waals surface area contributed by atoms with Crippen molar-refractivity contribution in [3.8, 4) is 0 Å². The van der Waals surface area contributed by atoms with Crippen LogP contribution in [0.2, 0.25) is 5.02 Å². The number of benzene rings is 3. The van der Waals surface area contributed by atoms with Crippen LogP contribution in [0.5, 0.6) is 0 Å². The molecule has 11 heteroatoms. The number of rotatable bonds is 6. The lowest BCUT2D eigenvalue weighted by atomic mass is 10.2. The summed E-state index contributed by atoms with van der Waals surface area (Å²) in [7, 11) is -2.59. The van der Waals surface area contributed by atoms with Gasteiger partial charge >= 0.3 is 5.97 Å². The number of hydrogen-bond donors (Lipinski definition) is 0. The molecule has 0 atom stereocenters. The second-order valence-electron chi connectivity index (χ2n) is 6.95. The number of aromatic nitrogens is 3. The van der Waals surface area contributed by atoms with E-state index in [1.165, 1.54) is 37.4 Å². The minimum atomic E-state index is -3.97. The Hall–Kier alpha value is -3.76. The third kappa shape index (κ3) is 4.57. The number of anilines is 1. The smallest absolute Gasteiger partial charge is 0.339 e. The van der Waals surface area contributed by atoms with Gasteiger partial charge in [0.2, 0.25) is 0 Å². The van der Waals surface area contributed by atoms with Gasteiger partial charge in [0.15, 0.2) is 6.73 Å². The summed E-state index contributed by atoms with van der Waals surface area (Å²) in [6, 6.07) is 18.4. The molecule has 0 N–H and O–H groups in total. The zero-order valence-electron chi connectivity index (χ0n) is 17.3. The number of halogens is 1. The normalized spacial score (nSPS) is 11.3. The monoisotopic (exact) mass is 484 g/mol. The molecule has 0 fully saturated rings. The first-order valence-corrected chi connectivity index (χ1v) is 11.4. The summed E-state index contributed by atoms with van der Waals surface area (Å²) >= 11 is 5.96. The zero-order valence-corrected chi connectivity index (χ0v) is 18.8. The van der Waals surface area contributed by atoms with Crippen molar-refractivity contribution in [3.63, 3.8) is 0 Å².